The first-order chi connectivity index (χ1) is 15.7. The van der Waals surface area contributed by atoms with E-state index in [1.165, 1.54) is 4.90 Å². The minimum absolute atomic E-state index is 0.00985. The van der Waals surface area contributed by atoms with Gasteiger partial charge in [-0.15, -0.1) is 0 Å². The Balaban J connectivity index is 4.55. The van der Waals surface area contributed by atoms with Gasteiger partial charge in [-0.2, -0.15) is 0 Å². The molecule has 0 rings (SSSR count). The number of hydrogen-bond acceptors (Lipinski definition) is 6. The molecular formula is C23H43N5O6. The maximum atomic E-state index is 12.5. The summed E-state index contributed by atoms with van der Waals surface area (Å²) >= 11 is 0. The van der Waals surface area contributed by atoms with Gasteiger partial charge in [0.1, 0.15) is 5.60 Å². The SMILES string of the molecule is CC(C)NC(=O)CCC(=O)NCCN(CCNC(=O)CCC(=O)NC(C)C)C(=O)OC(C)(C)C. The summed E-state index contributed by atoms with van der Waals surface area (Å²) in [6.45, 7) is 13.3. The van der Waals surface area contributed by atoms with Gasteiger partial charge in [-0.25, -0.2) is 4.79 Å². The van der Waals surface area contributed by atoms with Crippen LogP contribution >= 0.6 is 0 Å². The standard InChI is InChI=1S/C23H43N5O6/c1-16(2)26-20(31)10-8-18(29)24-12-14-28(22(33)34-23(5,6)7)15-13-25-19(30)9-11-21(32)27-17(3)4/h16-17H,8-15H2,1-7H3,(H,24,29)(H,25,30)(H,26,31)(H,27,32). The summed E-state index contributed by atoms with van der Waals surface area (Å²) in [7, 11) is 0. The molecule has 196 valence electrons. The average Bonchev–Trinajstić information content (AvgIpc) is 2.67. The quantitative estimate of drug-likeness (QED) is 0.289. The van der Waals surface area contributed by atoms with Crippen molar-refractivity contribution in [3.8, 4) is 0 Å². The Bertz CT molecular complexity index is 644. The summed E-state index contributed by atoms with van der Waals surface area (Å²) in [5.41, 5.74) is -0.699. The number of carbonyl (C=O) groups is 5. The van der Waals surface area contributed by atoms with E-state index < -0.39 is 11.7 Å². The zero-order valence-electron chi connectivity index (χ0n) is 21.7. The highest BCUT2D eigenvalue weighted by Crippen LogP contribution is 2.09. The Morgan fingerprint density at radius 3 is 1.35 bits per heavy atom. The van der Waals surface area contributed by atoms with Crippen LogP contribution in [0.15, 0.2) is 0 Å². The third-order valence-electron chi connectivity index (χ3n) is 4.12. The lowest BCUT2D eigenvalue weighted by Crippen LogP contribution is -2.45. The third-order valence-corrected chi connectivity index (χ3v) is 4.12. The number of carbonyl (C=O) groups excluding carboxylic acids is 5. The molecule has 11 heteroatoms. The Kier molecular flexibility index (Phi) is 14.6. The fourth-order valence-electron chi connectivity index (χ4n) is 2.70. The topological polar surface area (TPSA) is 146 Å². The summed E-state index contributed by atoms with van der Waals surface area (Å²) < 4.78 is 5.40. The molecule has 11 nitrogen and oxygen atoms in total. The first-order valence-corrected chi connectivity index (χ1v) is 11.8. The van der Waals surface area contributed by atoms with E-state index in [4.69, 9.17) is 4.74 Å². The lowest BCUT2D eigenvalue weighted by Gasteiger charge is -2.27. The Morgan fingerprint density at radius 1 is 0.676 bits per heavy atom. The van der Waals surface area contributed by atoms with Gasteiger partial charge in [0.05, 0.1) is 0 Å². The van der Waals surface area contributed by atoms with Crippen LogP contribution in [0, 0.1) is 0 Å². The lowest BCUT2D eigenvalue weighted by molar-refractivity contribution is -0.126. The summed E-state index contributed by atoms with van der Waals surface area (Å²) in [4.78, 5) is 61.2. The summed E-state index contributed by atoms with van der Waals surface area (Å²) in [6, 6.07) is 0.0197. The predicted octanol–water partition coefficient (Wildman–Crippen LogP) is 1.07. The molecule has 0 aromatic rings. The zero-order chi connectivity index (χ0) is 26.3. The van der Waals surface area contributed by atoms with Crippen LogP contribution < -0.4 is 21.3 Å². The van der Waals surface area contributed by atoms with Gasteiger partial charge >= 0.3 is 6.09 Å². The molecule has 4 N–H and O–H groups in total. The first-order valence-electron chi connectivity index (χ1n) is 11.8. The second-order valence-electron chi connectivity index (χ2n) is 9.61. The molecule has 0 aliphatic carbocycles. The second kappa shape index (κ2) is 15.9. The van der Waals surface area contributed by atoms with Crippen LogP contribution in [0.4, 0.5) is 4.79 Å². The van der Waals surface area contributed by atoms with Crippen molar-refractivity contribution in [1.29, 1.82) is 0 Å². The molecular weight excluding hydrogens is 442 g/mol. The van der Waals surface area contributed by atoms with Crippen molar-refractivity contribution in [1.82, 2.24) is 26.2 Å². The van der Waals surface area contributed by atoms with Gasteiger partial charge in [0, 0.05) is 63.9 Å². The monoisotopic (exact) mass is 485 g/mol. The van der Waals surface area contributed by atoms with Crippen LogP contribution in [0.1, 0.15) is 74.1 Å². The van der Waals surface area contributed by atoms with Crippen molar-refractivity contribution >= 4 is 29.7 Å². The van der Waals surface area contributed by atoms with E-state index in [-0.39, 0.29) is 87.6 Å². The first kappa shape index (κ1) is 31.1. The van der Waals surface area contributed by atoms with Crippen LogP contribution in [0.2, 0.25) is 0 Å². The maximum absolute atomic E-state index is 12.5. The Labute approximate surface area is 203 Å². The molecule has 5 amide bonds. The van der Waals surface area contributed by atoms with Gasteiger partial charge in [0.25, 0.3) is 0 Å². The lowest BCUT2D eigenvalue weighted by atomic mass is 10.2. The van der Waals surface area contributed by atoms with E-state index in [0.29, 0.717) is 0 Å². The molecule has 0 spiro atoms. The van der Waals surface area contributed by atoms with Gasteiger partial charge in [0.15, 0.2) is 0 Å². The Morgan fingerprint density at radius 2 is 1.03 bits per heavy atom. The fraction of sp³-hybridized carbons (Fsp3) is 0.783. The number of nitrogens with one attached hydrogen (secondary N) is 4. The fourth-order valence-corrected chi connectivity index (χ4v) is 2.70. The number of rotatable bonds is 14. The Hall–Kier alpha value is -2.85. The van der Waals surface area contributed by atoms with Crippen molar-refractivity contribution in [3.05, 3.63) is 0 Å². The van der Waals surface area contributed by atoms with Crippen LogP contribution in [0.25, 0.3) is 0 Å². The van der Waals surface area contributed by atoms with E-state index in [0.717, 1.165) is 0 Å². The molecule has 34 heavy (non-hydrogen) atoms. The number of nitrogens with zero attached hydrogens (tertiary/aromatic N) is 1. The summed E-state index contributed by atoms with van der Waals surface area (Å²) in [5, 5.41) is 10.8. The normalized spacial score (nSPS) is 11.1. The van der Waals surface area contributed by atoms with Gasteiger partial charge in [-0.3, -0.25) is 19.2 Å². The van der Waals surface area contributed by atoms with E-state index in [9.17, 15) is 24.0 Å². The molecule has 0 radical (unpaired) electrons. The predicted molar refractivity (Wildman–Crippen MR) is 129 cm³/mol. The number of hydrogen-bond donors (Lipinski definition) is 4. The molecule has 0 heterocycles. The van der Waals surface area contributed by atoms with Gasteiger partial charge in [-0.1, -0.05) is 0 Å². The molecule has 0 aromatic heterocycles. The van der Waals surface area contributed by atoms with Crippen LogP contribution in [-0.2, 0) is 23.9 Å². The summed E-state index contributed by atoms with van der Waals surface area (Å²) in [6.07, 6.45) is -0.303. The minimum Gasteiger partial charge on any atom is -0.444 e. The molecule has 0 saturated heterocycles. The molecule has 0 aliphatic heterocycles. The van der Waals surface area contributed by atoms with Crippen LogP contribution in [0.3, 0.4) is 0 Å². The van der Waals surface area contributed by atoms with Crippen LogP contribution in [0.5, 0.6) is 0 Å². The number of ether oxygens (including phenoxy) is 1. The smallest absolute Gasteiger partial charge is 0.410 e. The van der Waals surface area contributed by atoms with Crippen molar-refractivity contribution in [3.63, 3.8) is 0 Å². The molecule has 0 atom stereocenters. The highest BCUT2D eigenvalue weighted by atomic mass is 16.6. The highest BCUT2D eigenvalue weighted by molar-refractivity contribution is 5.84. The van der Waals surface area contributed by atoms with Crippen molar-refractivity contribution < 1.29 is 28.7 Å². The number of amides is 5. The van der Waals surface area contributed by atoms with E-state index >= 15 is 0 Å². The molecule has 0 aromatic carbocycles. The minimum atomic E-state index is -0.699. The molecule has 0 aliphatic rings. The molecule has 0 fully saturated rings. The molecule has 0 unspecified atom stereocenters. The van der Waals surface area contributed by atoms with Crippen LogP contribution in [-0.4, -0.2) is 78.5 Å². The molecule has 0 bridgehead atoms. The zero-order valence-corrected chi connectivity index (χ0v) is 21.7. The van der Waals surface area contributed by atoms with E-state index in [2.05, 4.69) is 21.3 Å². The third kappa shape index (κ3) is 17.7. The summed E-state index contributed by atoms with van der Waals surface area (Å²) in [5.74, 6) is -0.983. The van der Waals surface area contributed by atoms with Crippen molar-refractivity contribution in [2.24, 2.45) is 0 Å². The maximum Gasteiger partial charge on any atom is 0.410 e. The average molecular weight is 486 g/mol. The van der Waals surface area contributed by atoms with E-state index in [1.807, 2.05) is 27.7 Å². The molecule has 0 saturated carbocycles. The van der Waals surface area contributed by atoms with Gasteiger partial charge < -0.3 is 30.9 Å². The van der Waals surface area contributed by atoms with Gasteiger partial charge in [-0.05, 0) is 48.5 Å². The second-order valence-corrected chi connectivity index (χ2v) is 9.61. The largest absolute Gasteiger partial charge is 0.444 e. The van der Waals surface area contributed by atoms with Crippen molar-refractivity contribution in [2.75, 3.05) is 26.2 Å². The van der Waals surface area contributed by atoms with E-state index in [1.54, 1.807) is 20.8 Å². The highest BCUT2D eigenvalue weighted by Gasteiger charge is 2.22. The van der Waals surface area contributed by atoms with Crippen molar-refractivity contribution in [2.45, 2.75) is 91.8 Å². The van der Waals surface area contributed by atoms with Gasteiger partial charge in [0.2, 0.25) is 23.6 Å².